The number of nitrogens with one attached hydrogen (secondary N) is 1. The molecule has 2 aliphatic heterocycles. The molecule has 0 amide bonds. The highest BCUT2D eigenvalue weighted by molar-refractivity contribution is 5.63. The van der Waals surface area contributed by atoms with E-state index in [-0.39, 0.29) is 12.1 Å². The molecule has 0 bridgehead atoms. The summed E-state index contributed by atoms with van der Waals surface area (Å²) >= 11 is 0. The molecule has 3 unspecified atom stereocenters. The van der Waals surface area contributed by atoms with Crippen LogP contribution < -0.4 is 10.1 Å². The number of aryl methyl sites for hydroxylation is 2. The van der Waals surface area contributed by atoms with E-state index in [2.05, 4.69) is 55.6 Å². The quantitative estimate of drug-likeness (QED) is 0.820. The van der Waals surface area contributed by atoms with Crippen LogP contribution in [0.5, 0.6) is 5.75 Å². The van der Waals surface area contributed by atoms with Crippen LogP contribution in [0.1, 0.15) is 54.2 Å². The van der Waals surface area contributed by atoms with Gasteiger partial charge in [-0.05, 0) is 56.9 Å². The molecule has 3 atom stereocenters. The SMILES string of the molecule is CCOc1ccc(C2Nc3c(C)cc(C)cc3C3OCCCC23)cc1. The third-order valence-electron chi connectivity index (χ3n) is 5.46. The third-order valence-corrected chi connectivity index (χ3v) is 5.46. The number of anilines is 1. The maximum atomic E-state index is 6.27. The van der Waals surface area contributed by atoms with Crippen LogP contribution in [0.15, 0.2) is 36.4 Å². The van der Waals surface area contributed by atoms with Gasteiger partial charge in [-0.25, -0.2) is 0 Å². The van der Waals surface area contributed by atoms with Gasteiger partial charge in [0.2, 0.25) is 0 Å². The minimum absolute atomic E-state index is 0.195. The van der Waals surface area contributed by atoms with Gasteiger partial charge in [0.25, 0.3) is 0 Å². The van der Waals surface area contributed by atoms with Crippen molar-refractivity contribution in [1.29, 1.82) is 0 Å². The highest BCUT2D eigenvalue weighted by Crippen LogP contribution is 2.50. The topological polar surface area (TPSA) is 30.5 Å². The van der Waals surface area contributed by atoms with Gasteiger partial charge in [0.1, 0.15) is 5.75 Å². The Labute approximate surface area is 150 Å². The van der Waals surface area contributed by atoms with E-state index < -0.39 is 0 Å². The molecule has 2 aromatic rings. The molecule has 0 spiro atoms. The lowest BCUT2D eigenvalue weighted by Gasteiger charge is -2.44. The predicted molar refractivity (Wildman–Crippen MR) is 101 cm³/mol. The van der Waals surface area contributed by atoms with Gasteiger partial charge in [-0.15, -0.1) is 0 Å². The van der Waals surface area contributed by atoms with Crippen molar-refractivity contribution in [3.05, 3.63) is 58.7 Å². The molecule has 132 valence electrons. The smallest absolute Gasteiger partial charge is 0.119 e. The molecule has 0 radical (unpaired) electrons. The van der Waals surface area contributed by atoms with Gasteiger partial charge in [0.15, 0.2) is 0 Å². The Morgan fingerprint density at radius 2 is 1.96 bits per heavy atom. The van der Waals surface area contributed by atoms with Gasteiger partial charge in [-0.1, -0.05) is 29.8 Å². The van der Waals surface area contributed by atoms with E-state index in [1.54, 1.807) is 0 Å². The highest BCUT2D eigenvalue weighted by atomic mass is 16.5. The fraction of sp³-hybridized carbons (Fsp3) is 0.455. The van der Waals surface area contributed by atoms with E-state index in [9.17, 15) is 0 Å². The van der Waals surface area contributed by atoms with Crippen LogP contribution in [0.3, 0.4) is 0 Å². The van der Waals surface area contributed by atoms with Crippen LogP contribution >= 0.6 is 0 Å². The number of hydrogen-bond acceptors (Lipinski definition) is 3. The normalized spacial score (nSPS) is 24.8. The molecule has 0 aromatic heterocycles. The van der Waals surface area contributed by atoms with Crippen molar-refractivity contribution >= 4 is 5.69 Å². The molecule has 1 fully saturated rings. The summed E-state index contributed by atoms with van der Waals surface area (Å²) in [5.41, 5.74) is 6.52. The second kappa shape index (κ2) is 6.72. The lowest BCUT2D eigenvalue weighted by atomic mass is 9.76. The summed E-state index contributed by atoms with van der Waals surface area (Å²) < 4.78 is 11.9. The molecule has 2 aromatic carbocycles. The van der Waals surface area contributed by atoms with Crippen molar-refractivity contribution in [2.75, 3.05) is 18.5 Å². The molecule has 3 heteroatoms. The number of hydrogen-bond donors (Lipinski definition) is 1. The molecule has 3 nitrogen and oxygen atoms in total. The van der Waals surface area contributed by atoms with E-state index in [0.29, 0.717) is 12.5 Å². The molecule has 25 heavy (non-hydrogen) atoms. The summed E-state index contributed by atoms with van der Waals surface area (Å²) in [6, 6.07) is 13.4. The maximum Gasteiger partial charge on any atom is 0.119 e. The van der Waals surface area contributed by atoms with Crippen molar-refractivity contribution < 1.29 is 9.47 Å². The molecule has 1 saturated heterocycles. The first kappa shape index (κ1) is 16.5. The Bertz CT molecular complexity index is 753. The van der Waals surface area contributed by atoms with Gasteiger partial charge in [0.05, 0.1) is 18.8 Å². The van der Waals surface area contributed by atoms with E-state index >= 15 is 0 Å². The number of fused-ring (bicyclic) bond motifs is 3. The van der Waals surface area contributed by atoms with Crippen molar-refractivity contribution in [1.82, 2.24) is 0 Å². The molecule has 0 aliphatic carbocycles. The van der Waals surface area contributed by atoms with Gasteiger partial charge >= 0.3 is 0 Å². The summed E-state index contributed by atoms with van der Waals surface area (Å²) in [5, 5.41) is 3.84. The summed E-state index contributed by atoms with van der Waals surface area (Å²) in [5.74, 6) is 1.41. The lowest BCUT2D eigenvalue weighted by molar-refractivity contribution is -0.0382. The van der Waals surface area contributed by atoms with Crippen LogP contribution in [-0.2, 0) is 4.74 Å². The average Bonchev–Trinajstić information content (AvgIpc) is 2.62. The second-order valence-corrected chi connectivity index (χ2v) is 7.27. The first-order chi connectivity index (χ1) is 12.2. The Hall–Kier alpha value is -2.00. The summed E-state index contributed by atoms with van der Waals surface area (Å²) in [6.07, 6.45) is 2.53. The van der Waals surface area contributed by atoms with Crippen molar-refractivity contribution in [2.24, 2.45) is 5.92 Å². The standard InChI is InChI=1S/C22H27NO2/c1-4-24-17-9-7-16(8-10-17)21-18-6-5-11-25-22(18)19-13-14(2)12-15(3)20(19)23-21/h7-10,12-13,18,21-23H,4-6,11H2,1-3H3. The van der Waals surface area contributed by atoms with Crippen molar-refractivity contribution in [2.45, 2.75) is 45.8 Å². The van der Waals surface area contributed by atoms with Gasteiger partial charge in [-0.2, -0.15) is 0 Å². The Morgan fingerprint density at radius 1 is 1.16 bits per heavy atom. The molecule has 2 heterocycles. The van der Waals surface area contributed by atoms with E-state index in [1.165, 1.54) is 34.4 Å². The predicted octanol–water partition coefficient (Wildman–Crippen LogP) is 5.34. The fourth-order valence-electron chi connectivity index (χ4n) is 4.42. The van der Waals surface area contributed by atoms with Crippen LogP contribution in [-0.4, -0.2) is 13.2 Å². The van der Waals surface area contributed by atoms with Crippen LogP contribution in [0.25, 0.3) is 0 Å². The van der Waals surface area contributed by atoms with Gasteiger partial charge < -0.3 is 14.8 Å². The zero-order valence-corrected chi connectivity index (χ0v) is 15.3. The lowest BCUT2D eigenvalue weighted by Crippen LogP contribution is -2.36. The second-order valence-electron chi connectivity index (χ2n) is 7.27. The zero-order chi connectivity index (χ0) is 17.4. The zero-order valence-electron chi connectivity index (χ0n) is 15.3. The average molecular weight is 337 g/mol. The van der Waals surface area contributed by atoms with Crippen molar-refractivity contribution in [3.8, 4) is 5.75 Å². The molecule has 1 N–H and O–H groups in total. The molecular weight excluding hydrogens is 310 g/mol. The first-order valence-electron chi connectivity index (χ1n) is 9.39. The first-order valence-corrected chi connectivity index (χ1v) is 9.39. The Kier molecular flexibility index (Phi) is 4.43. The minimum atomic E-state index is 0.195. The number of benzene rings is 2. The Morgan fingerprint density at radius 3 is 2.72 bits per heavy atom. The van der Waals surface area contributed by atoms with Crippen LogP contribution in [0, 0.1) is 19.8 Å². The van der Waals surface area contributed by atoms with E-state index in [0.717, 1.165) is 18.8 Å². The summed E-state index contributed by atoms with van der Waals surface area (Å²) in [4.78, 5) is 0. The van der Waals surface area contributed by atoms with Crippen molar-refractivity contribution in [3.63, 3.8) is 0 Å². The Balaban J connectivity index is 1.73. The largest absolute Gasteiger partial charge is 0.494 e. The molecular formula is C22H27NO2. The van der Waals surface area contributed by atoms with Gasteiger partial charge in [-0.3, -0.25) is 0 Å². The molecule has 4 rings (SSSR count). The van der Waals surface area contributed by atoms with Crippen LogP contribution in [0.2, 0.25) is 0 Å². The summed E-state index contributed by atoms with van der Waals surface area (Å²) in [7, 11) is 0. The van der Waals surface area contributed by atoms with Crippen LogP contribution in [0.4, 0.5) is 5.69 Å². The molecule has 2 aliphatic rings. The maximum absolute atomic E-state index is 6.27. The van der Waals surface area contributed by atoms with E-state index in [1.807, 2.05) is 6.92 Å². The monoisotopic (exact) mass is 337 g/mol. The third kappa shape index (κ3) is 3.02. The highest BCUT2D eigenvalue weighted by Gasteiger charge is 2.40. The number of rotatable bonds is 3. The minimum Gasteiger partial charge on any atom is -0.494 e. The molecule has 0 saturated carbocycles. The van der Waals surface area contributed by atoms with Gasteiger partial charge in [0, 0.05) is 23.8 Å². The fourth-order valence-corrected chi connectivity index (χ4v) is 4.42. The number of ether oxygens (including phenoxy) is 2. The summed E-state index contributed by atoms with van der Waals surface area (Å²) in [6.45, 7) is 7.94. The van der Waals surface area contributed by atoms with E-state index in [4.69, 9.17) is 9.47 Å².